The van der Waals surface area contributed by atoms with E-state index in [4.69, 9.17) is 5.11 Å². The van der Waals surface area contributed by atoms with Gasteiger partial charge in [-0.25, -0.2) is 0 Å². The molecule has 1 aromatic heterocycles. The first-order valence-electron chi connectivity index (χ1n) is 6.02. The van der Waals surface area contributed by atoms with Crippen molar-refractivity contribution in [1.82, 2.24) is 10.3 Å². The number of rotatable bonds is 6. The van der Waals surface area contributed by atoms with E-state index in [1.165, 1.54) is 6.07 Å². The Labute approximate surface area is 110 Å². The van der Waals surface area contributed by atoms with Crippen LogP contribution in [0.5, 0.6) is 0 Å². The molecular formula is C12H17N3O4. The second-order valence-corrected chi connectivity index (χ2v) is 4.17. The summed E-state index contributed by atoms with van der Waals surface area (Å²) in [5.41, 5.74) is 0.401. The van der Waals surface area contributed by atoms with Crippen LogP contribution in [0, 0.1) is 17.0 Å². The van der Waals surface area contributed by atoms with Crippen molar-refractivity contribution < 1.29 is 14.8 Å². The van der Waals surface area contributed by atoms with Crippen molar-refractivity contribution in [3.63, 3.8) is 0 Å². The number of nitrogens with zero attached hydrogens (tertiary/aromatic N) is 2. The highest BCUT2D eigenvalue weighted by Crippen LogP contribution is 2.15. The Bertz CT molecular complexity index is 476. The molecule has 104 valence electrons. The molecule has 0 spiro atoms. The van der Waals surface area contributed by atoms with E-state index in [0.717, 1.165) is 6.20 Å². The number of nitrogens with one attached hydrogen (secondary N) is 1. The van der Waals surface area contributed by atoms with Gasteiger partial charge in [0, 0.05) is 18.7 Å². The molecule has 0 aliphatic rings. The van der Waals surface area contributed by atoms with Crippen molar-refractivity contribution in [2.45, 2.75) is 32.7 Å². The summed E-state index contributed by atoms with van der Waals surface area (Å²) in [6.07, 6.45) is 2.24. The summed E-state index contributed by atoms with van der Waals surface area (Å²) < 4.78 is 0. The number of aromatic nitrogens is 1. The Morgan fingerprint density at radius 2 is 2.32 bits per heavy atom. The molecule has 19 heavy (non-hydrogen) atoms. The molecule has 0 bridgehead atoms. The summed E-state index contributed by atoms with van der Waals surface area (Å²) >= 11 is 0. The first-order valence-corrected chi connectivity index (χ1v) is 6.02. The number of hydrogen-bond acceptors (Lipinski definition) is 5. The minimum Gasteiger partial charge on any atom is -0.396 e. The molecule has 1 atom stereocenters. The zero-order chi connectivity index (χ0) is 14.4. The van der Waals surface area contributed by atoms with Crippen molar-refractivity contribution in [2.75, 3.05) is 6.61 Å². The number of carbonyl (C=O) groups is 1. The van der Waals surface area contributed by atoms with Gasteiger partial charge >= 0.3 is 0 Å². The molecular weight excluding hydrogens is 250 g/mol. The Hall–Kier alpha value is -2.02. The molecule has 2 N–H and O–H groups in total. The Morgan fingerprint density at radius 1 is 1.63 bits per heavy atom. The lowest BCUT2D eigenvalue weighted by atomic mass is 10.1. The minimum absolute atomic E-state index is 0.0229. The molecule has 1 rings (SSSR count). The summed E-state index contributed by atoms with van der Waals surface area (Å²) in [7, 11) is 0. The standard InChI is InChI=1S/C12H17N3O4/c1-3-9(4-5-16)14-12(17)11-6-10(15(18)19)7-13-8(11)2/h6-7,9,16H,3-5H2,1-2H3,(H,14,17). The van der Waals surface area contributed by atoms with Crippen molar-refractivity contribution in [2.24, 2.45) is 0 Å². The SMILES string of the molecule is CCC(CCO)NC(=O)c1cc([N+](=O)[O-])cnc1C. The summed E-state index contributed by atoms with van der Waals surface area (Å²) in [5.74, 6) is -0.408. The van der Waals surface area contributed by atoms with E-state index in [2.05, 4.69) is 10.3 Å². The number of aliphatic hydroxyl groups is 1. The van der Waals surface area contributed by atoms with Crippen LogP contribution in [0.2, 0.25) is 0 Å². The van der Waals surface area contributed by atoms with Gasteiger partial charge in [0.2, 0.25) is 0 Å². The quantitative estimate of drug-likeness (QED) is 0.595. The fourth-order valence-corrected chi connectivity index (χ4v) is 1.65. The Balaban J connectivity index is 2.92. The molecule has 0 aliphatic heterocycles. The molecule has 1 unspecified atom stereocenters. The highest BCUT2D eigenvalue weighted by Gasteiger charge is 2.18. The van der Waals surface area contributed by atoms with Gasteiger partial charge in [0.15, 0.2) is 0 Å². The molecule has 7 nitrogen and oxygen atoms in total. The molecule has 1 heterocycles. The second-order valence-electron chi connectivity index (χ2n) is 4.17. The molecule has 0 radical (unpaired) electrons. The summed E-state index contributed by atoms with van der Waals surface area (Å²) in [6, 6.07) is 1.06. The van der Waals surface area contributed by atoms with Gasteiger partial charge in [-0.1, -0.05) is 6.92 Å². The van der Waals surface area contributed by atoms with Crippen LogP contribution in [-0.2, 0) is 0 Å². The Kier molecular flexibility index (Phi) is 5.37. The number of aliphatic hydroxyl groups excluding tert-OH is 1. The third-order valence-electron chi connectivity index (χ3n) is 2.83. The van der Waals surface area contributed by atoms with Crippen LogP contribution in [0.4, 0.5) is 5.69 Å². The van der Waals surface area contributed by atoms with E-state index < -0.39 is 10.8 Å². The summed E-state index contributed by atoms with van der Waals surface area (Å²) in [5, 5.41) is 22.3. The van der Waals surface area contributed by atoms with Gasteiger partial charge in [-0.2, -0.15) is 0 Å². The average Bonchev–Trinajstić information content (AvgIpc) is 2.38. The number of nitro groups is 1. The fraction of sp³-hybridized carbons (Fsp3) is 0.500. The van der Waals surface area contributed by atoms with Crippen LogP contribution in [0.1, 0.15) is 35.8 Å². The molecule has 0 saturated heterocycles. The largest absolute Gasteiger partial charge is 0.396 e. The van der Waals surface area contributed by atoms with Gasteiger partial charge in [-0.15, -0.1) is 0 Å². The van der Waals surface area contributed by atoms with Crippen molar-refractivity contribution >= 4 is 11.6 Å². The lowest BCUT2D eigenvalue weighted by Gasteiger charge is -2.16. The average molecular weight is 267 g/mol. The maximum Gasteiger partial charge on any atom is 0.288 e. The smallest absolute Gasteiger partial charge is 0.288 e. The van der Waals surface area contributed by atoms with E-state index in [1.807, 2.05) is 6.92 Å². The number of hydrogen-bond donors (Lipinski definition) is 2. The monoisotopic (exact) mass is 267 g/mol. The first kappa shape index (κ1) is 15.0. The van der Waals surface area contributed by atoms with Crippen LogP contribution >= 0.6 is 0 Å². The predicted molar refractivity (Wildman–Crippen MR) is 68.9 cm³/mol. The third-order valence-corrected chi connectivity index (χ3v) is 2.83. The van der Waals surface area contributed by atoms with Crippen LogP contribution in [-0.4, -0.2) is 33.6 Å². The highest BCUT2D eigenvalue weighted by atomic mass is 16.6. The van der Waals surface area contributed by atoms with Gasteiger partial charge in [0.25, 0.3) is 11.6 Å². The number of carbonyl (C=O) groups excluding carboxylic acids is 1. The number of amides is 1. The molecule has 1 amide bonds. The first-order chi connectivity index (χ1) is 8.99. The third kappa shape index (κ3) is 3.99. The molecule has 0 aliphatic carbocycles. The van der Waals surface area contributed by atoms with Gasteiger partial charge in [0.05, 0.1) is 16.2 Å². The topological polar surface area (TPSA) is 105 Å². The van der Waals surface area contributed by atoms with E-state index >= 15 is 0 Å². The lowest BCUT2D eigenvalue weighted by molar-refractivity contribution is -0.385. The van der Waals surface area contributed by atoms with Crippen molar-refractivity contribution in [3.8, 4) is 0 Å². The van der Waals surface area contributed by atoms with E-state index in [9.17, 15) is 14.9 Å². The van der Waals surface area contributed by atoms with Crippen LogP contribution < -0.4 is 5.32 Å². The summed E-state index contributed by atoms with van der Waals surface area (Å²) in [4.78, 5) is 26.0. The second kappa shape index (κ2) is 6.79. The molecule has 7 heteroatoms. The maximum atomic E-state index is 12.0. The van der Waals surface area contributed by atoms with Crippen LogP contribution in [0.15, 0.2) is 12.3 Å². The molecule has 1 aromatic rings. The van der Waals surface area contributed by atoms with E-state index in [-0.39, 0.29) is 23.9 Å². The minimum atomic E-state index is -0.589. The van der Waals surface area contributed by atoms with Crippen LogP contribution in [0.25, 0.3) is 0 Å². The van der Waals surface area contributed by atoms with Crippen molar-refractivity contribution in [1.29, 1.82) is 0 Å². The van der Waals surface area contributed by atoms with Gasteiger partial charge in [-0.05, 0) is 19.8 Å². The zero-order valence-corrected chi connectivity index (χ0v) is 10.9. The maximum absolute atomic E-state index is 12.0. The van der Waals surface area contributed by atoms with Crippen LogP contribution in [0.3, 0.4) is 0 Å². The normalized spacial score (nSPS) is 11.9. The zero-order valence-electron chi connectivity index (χ0n) is 10.9. The Morgan fingerprint density at radius 3 is 2.84 bits per heavy atom. The van der Waals surface area contributed by atoms with Gasteiger partial charge in [-0.3, -0.25) is 19.9 Å². The lowest BCUT2D eigenvalue weighted by Crippen LogP contribution is -2.35. The fourth-order valence-electron chi connectivity index (χ4n) is 1.65. The molecule has 0 saturated carbocycles. The predicted octanol–water partition coefficient (Wildman–Crippen LogP) is 1.19. The van der Waals surface area contributed by atoms with Gasteiger partial charge < -0.3 is 10.4 Å². The van der Waals surface area contributed by atoms with Crippen molar-refractivity contribution in [3.05, 3.63) is 33.6 Å². The molecule has 0 aromatic carbocycles. The summed E-state index contributed by atoms with van der Waals surface area (Å²) in [6.45, 7) is 3.48. The van der Waals surface area contributed by atoms with Gasteiger partial charge in [0.1, 0.15) is 6.20 Å². The highest BCUT2D eigenvalue weighted by molar-refractivity contribution is 5.95. The number of aryl methyl sites for hydroxylation is 1. The van der Waals surface area contributed by atoms with E-state index in [0.29, 0.717) is 18.5 Å². The van der Waals surface area contributed by atoms with E-state index in [1.54, 1.807) is 6.92 Å². The number of pyridine rings is 1. The molecule has 0 fully saturated rings.